The van der Waals surface area contributed by atoms with Gasteiger partial charge in [-0.15, -0.1) is 0 Å². The Morgan fingerprint density at radius 3 is 2.63 bits per heavy atom. The van der Waals surface area contributed by atoms with Crippen molar-refractivity contribution < 1.29 is 4.79 Å². The quantitative estimate of drug-likeness (QED) is 0.744. The van der Waals surface area contributed by atoms with E-state index in [1.165, 1.54) is 25.7 Å². The molecule has 0 aromatic rings. The molecule has 2 aliphatic carbocycles. The van der Waals surface area contributed by atoms with E-state index in [1.807, 2.05) is 13.8 Å². The first-order valence-corrected chi connectivity index (χ1v) is 8.09. The molecule has 5 atom stereocenters. The zero-order valence-corrected chi connectivity index (χ0v) is 12.5. The fraction of sp³-hybridized carbons (Fsp3) is 0.938. The summed E-state index contributed by atoms with van der Waals surface area (Å²) in [6.45, 7) is 4.98. The van der Waals surface area contributed by atoms with Gasteiger partial charge in [-0.2, -0.15) is 0 Å². The summed E-state index contributed by atoms with van der Waals surface area (Å²) < 4.78 is 0. The summed E-state index contributed by atoms with van der Waals surface area (Å²) in [7, 11) is 0. The van der Waals surface area contributed by atoms with Crippen LogP contribution in [0.3, 0.4) is 0 Å². The van der Waals surface area contributed by atoms with Gasteiger partial charge < -0.3 is 11.1 Å². The van der Waals surface area contributed by atoms with Crippen LogP contribution < -0.4 is 11.1 Å². The van der Waals surface area contributed by atoms with Gasteiger partial charge >= 0.3 is 0 Å². The topological polar surface area (TPSA) is 55.1 Å². The third-order valence-electron chi connectivity index (χ3n) is 5.17. The van der Waals surface area contributed by atoms with Crippen molar-refractivity contribution >= 4 is 5.91 Å². The molecule has 2 fully saturated rings. The minimum Gasteiger partial charge on any atom is -0.356 e. The highest BCUT2D eigenvalue weighted by molar-refractivity contribution is 5.78. The number of nitrogens with one attached hydrogen (secondary N) is 1. The molecule has 110 valence electrons. The van der Waals surface area contributed by atoms with E-state index in [0.29, 0.717) is 0 Å². The van der Waals surface area contributed by atoms with Crippen LogP contribution in [0.5, 0.6) is 0 Å². The van der Waals surface area contributed by atoms with Crippen LogP contribution in [-0.2, 0) is 4.79 Å². The van der Waals surface area contributed by atoms with Gasteiger partial charge in [0.1, 0.15) is 0 Å². The first kappa shape index (κ1) is 14.8. The van der Waals surface area contributed by atoms with E-state index in [0.717, 1.165) is 43.6 Å². The Hall–Kier alpha value is -0.570. The fourth-order valence-electron chi connectivity index (χ4n) is 3.91. The molecule has 3 heteroatoms. The molecular formula is C16H30N2O. The monoisotopic (exact) mass is 266 g/mol. The first-order valence-electron chi connectivity index (χ1n) is 8.09. The van der Waals surface area contributed by atoms with Crippen molar-refractivity contribution in [1.82, 2.24) is 5.32 Å². The van der Waals surface area contributed by atoms with Crippen molar-refractivity contribution in [3.8, 4) is 0 Å². The van der Waals surface area contributed by atoms with Gasteiger partial charge in [0, 0.05) is 18.5 Å². The van der Waals surface area contributed by atoms with Crippen LogP contribution in [0.4, 0.5) is 0 Å². The second-order valence-corrected chi connectivity index (χ2v) is 6.99. The minimum absolute atomic E-state index is 0.136. The Balaban J connectivity index is 1.61. The lowest BCUT2D eigenvalue weighted by molar-refractivity contribution is -0.125. The molecule has 2 bridgehead atoms. The molecule has 0 aromatic heterocycles. The summed E-state index contributed by atoms with van der Waals surface area (Å²) >= 11 is 0. The second kappa shape index (κ2) is 6.74. The highest BCUT2D eigenvalue weighted by atomic mass is 16.1. The van der Waals surface area contributed by atoms with Gasteiger partial charge in [-0.3, -0.25) is 4.79 Å². The summed E-state index contributed by atoms with van der Waals surface area (Å²) in [5.74, 6) is 3.01. The number of carbonyl (C=O) groups is 1. The number of rotatable bonds is 7. The van der Waals surface area contributed by atoms with Crippen LogP contribution in [-0.4, -0.2) is 18.5 Å². The standard InChI is InChI=1S/C16H30N2O/c1-11(4-3-5-12(2)17)16(19)18-10-15-9-13-6-7-14(15)8-13/h11-15H,3-10,17H2,1-2H3,(H,18,19). The molecule has 0 aliphatic heterocycles. The van der Waals surface area contributed by atoms with Gasteiger partial charge in [0.2, 0.25) is 5.91 Å². The van der Waals surface area contributed by atoms with E-state index < -0.39 is 0 Å². The van der Waals surface area contributed by atoms with E-state index in [-0.39, 0.29) is 17.9 Å². The number of hydrogen-bond acceptors (Lipinski definition) is 2. The van der Waals surface area contributed by atoms with Gasteiger partial charge in [-0.25, -0.2) is 0 Å². The first-order chi connectivity index (χ1) is 9.06. The van der Waals surface area contributed by atoms with Crippen LogP contribution in [0.25, 0.3) is 0 Å². The predicted octanol–water partition coefficient (Wildman–Crippen LogP) is 2.69. The molecule has 0 heterocycles. The maximum atomic E-state index is 12.0. The fourth-order valence-corrected chi connectivity index (χ4v) is 3.91. The Kier molecular flexibility index (Phi) is 5.26. The van der Waals surface area contributed by atoms with E-state index in [4.69, 9.17) is 5.73 Å². The van der Waals surface area contributed by atoms with E-state index in [1.54, 1.807) is 0 Å². The van der Waals surface area contributed by atoms with Gasteiger partial charge in [-0.05, 0) is 56.8 Å². The van der Waals surface area contributed by atoms with Crippen LogP contribution in [0, 0.1) is 23.7 Å². The van der Waals surface area contributed by atoms with Gasteiger partial charge in [-0.1, -0.05) is 19.8 Å². The summed E-state index contributed by atoms with van der Waals surface area (Å²) in [4.78, 5) is 12.0. The number of hydrogen-bond donors (Lipinski definition) is 2. The summed E-state index contributed by atoms with van der Waals surface area (Å²) in [5, 5.41) is 3.18. The highest BCUT2D eigenvalue weighted by Crippen LogP contribution is 2.47. The minimum atomic E-state index is 0.136. The van der Waals surface area contributed by atoms with Crippen LogP contribution in [0.2, 0.25) is 0 Å². The Morgan fingerprint density at radius 1 is 1.26 bits per heavy atom. The third kappa shape index (κ3) is 4.20. The number of fused-ring (bicyclic) bond motifs is 2. The lowest BCUT2D eigenvalue weighted by Crippen LogP contribution is -2.35. The molecule has 0 aromatic carbocycles. The summed E-state index contributed by atoms with van der Waals surface area (Å²) in [5.41, 5.74) is 5.73. The molecule has 1 amide bonds. The van der Waals surface area contributed by atoms with Crippen molar-refractivity contribution in [3.05, 3.63) is 0 Å². The third-order valence-corrected chi connectivity index (χ3v) is 5.17. The maximum absolute atomic E-state index is 12.0. The number of amides is 1. The largest absolute Gasteiger partial charge is 0.356 e. The van der Waals surface area contributed by atoms with E-state index in [2.05, 4.69) is 5.32 Å². The van der Waals surface area contributed by atoms with Gasteiger partial charge in [0.05, 0.1) is 0 Å². The number of carbonyl (C=O) groups excluding carboxylic acids is 1. The molecule has 2 aliphatic rings. The molecule has 0 saturated heterocycles. The molecular weight excluding hydrogens is 236 g/mol. The highest BCUT2D eigenvalue weighted by Gasteiger charge is 2.39. The molecule has 5 unspecified atom stereocenters. The van der Waals surface area contributed by atoms with Crippen molar-refractivity contribution in [2.75, 3.05) is 6.54 Å². The van der Waals surface area contributed by atoms with Crippen molar-refractivity contribution in [2.45, 2.75) is 64.8 Å². The Morgan fingerprint density at radius 2 is 2.05 bits per heavy atom. The average Bonchev–Trinajstić information content (AvgIpc) is 2.97. The molecule has 19 heavy (non-hydrogen) atoms. The molecule has 2 saturated carbocycles. The van der Waals surface area contributed by atoms with Crippen LogP contribution in [0.1, 0.15) is 58.8 Å². The van der Waals surface area contributed by atoms with Crippen molar-refractivity contribution in [3.63, 3.8) is 0 Å². The maximum Gasteiger partial charge on any atom is 0.222 e. The molecule has 3 nitrogen and oxygen atoms in total. The Bertz CT molecular complexity index is 303. The van der Waals surface area contributed by atoms with Gasteiger partial charge in [0.25, 0.3) is 0 Å². The van der Waals surface area contributed by atoms with E-state index in [9.17, 15) is 4.79 Å². The SMILES string of the molecule is CC(N)CCCC(C)C(=O)NCC1CC2CCC1C2. The molecule has 3 N–H and O–H groups in total. The Labute approximate surface area is 117 Å². The normalized spacial score (nSPS) is 32.3. The molecule has 0 radical (unpaired) electrons. The van der Waals surface area contributed by atoms with E-state index >= 15 is 0 Å². The predicted molar refractivity (Wildman–Crippen MR) is 78.6 cm³/mol. The lowest BCUT2D eigenvalue weighted by Gasteiger charge is -2.22. The summed E-state index contributed by atoms with van der Waals surface area (Å²) in [6.07, 6.45) is 8.64. The van der Waals surface area contributed by atoms with Crippen LogP contribution >= 0.6 is 0 Å². The molecule has 0 spiro atoms. The molecule has 2 rings (SSSR count). The zero-order valence-electron chi connectivity index (χ0n) is 12.5. The lowest BCUT2D eigenvalue weighted by atomic mass is 9.88. The summed E-state index contributed by atoms with van der Waals surface area (Å²) in [6, 6.07) is 0.254. The van der Waals surface area contributed by atoms with Crippen molar-refractivity contribution in [2.24, 2.45) is 29.4 Å². The number of nitrogens with two attached hydrogens (primary N) is 1. The van der Waals surface area contributed by atoms with Crippen molar-refractivity contribution in [1.29, 1.82) is 0 Å². The van der Waals surface area contributed by atoms with Crippen LogP contribution in [0.15, 0.2) is 0 Å². The van der Waals surface area contributed by atoms with Gasteiger partial charge in [0.15, 0.2) is 0 Å². The average molecular weight is 266 g/mol. The zero-order chi connectivity index (χ0) is 13.8. The second-order valence-electron chi connectivity index (χ2n) is 6.99. The smallest absolute Gasteiger partial charge is 0.222 e.